The molecule has 0 aliphatic heterocycles. The van der Waals surface area contributed by atoms with Gasteiger partial charge in [-0.1, -0.05) is 0 Å². The maximum absolute atomic E-state index is 8.81. The molecule has 0 bridgehead atoms. The van der Waals surface area contributed by atoms with E-state index in [0.717, 1.165) is 6.26 Å². The van der Waals surface area contributed by atoms with E-state index in [1.807, 2.05) is 6.07 Å². The third-order valence-corrected chi connectivity index (χ3v) is 1.94. The SMILES string of the molecule is COc1ccc(/C(C#N)=C\O)cc1OC. The quantitative estimate of drug-likeness (QED) is 0.606. The number of aliphatic hydroxyl groups excluding tert-OH is 1. The molecule has 0 atom stereocenters. The van der Waals surface area contributed by atoms with Crippen molar-refractivity contribution < 1.29 is 14.6 Å². The number of hydrogen-bond donors (Lipinski definition) is 1. The fraction of sp³-hybridized carbons (Fsp3) is 0.182. The minimum Gasteiger partial charge on any atom is -0.514 e. The summed E-state index contributed by atoms with van der Waals surface area (Å²) < 4.78 is 10.1. The van der Waals surface area contributed by atoms with Crippen molar-refractivity contribution in [3.8, 4) is 17.6 Å². The first-order valence-corrected chi connectivity index (χ1v) is 4.23. The van der Waals surface area contributed by atoms with Gasteiger partial charge in [0.05, 0.1) is 26.1 Å². The van der Waals surface area contributed by atoms with Crippen LogP contribution in [0, 0.1) is 11.3 Å². The molecule has 0 aliphatic rings. The lowest BCUT2D eigenvalue weighted by Gasteiger charge is -2.08. The van der Waals surface area contributed by atoms with E-state index in [2.05, 4.69) is 0 Å². The maximum atomic E-state index is 8.81. The fourth-order valence-corrected chi connectivity index (χ4v) is 1.17. The van der Waals surface area contributed by atoms with Crippen molar-refractivity contribution in [3.05, 3.63) is 30.0 Å². The minimum atomic E-state index is 0.177. The van der Waals surface area contributed by atoms with Gasteiger partial charge in [-0.05, 0) is 23.8 Å². The van der Waals surface area contributed by atoms with Gasteiger partial charge in [-0.2, -0.15) is 5.26 Å². The highest BCUT2D eigenvalue weighted by molar-refractivity contribution is 5.77. The molecule has 0 amide bonds. The first-order chi connectivity index (χ1) is 7.26. The van der Waals surface area contributed by atoms with E-state index < -0.39 is 0 Å². The zero-order valence-electron chi connectivity index (χ0n) is 8.52. The van der Waals surface area contributed by atoms with Crippen LogP contribution in [0.3, 0.4) is 0 Å². The first-order valence-electron chi connectivity index (χ1n) is 4.23. The molecular weight excluding hydrogens is 194 g/mol. The Morgan fingerprint density at radius 2 is 2.00 bits per heavy atom. The number of nitrogens with zero attached hydrogens (tertiary/aromatic N) is 1. The molecule has 1 rings (SSSR count). The van der Waals surface area contributed by atoms with E-state index in [0.29, 0.717) is 17.1 Å². The van der Waals surface area contributed by atoms with Crippen LogP contribution in [0.1, 0.15) is 5.56 Å². The summed E-state index contributed by atoms with van der Waals surface area (Å²) in [4.78, 5) is 0. The molecule has 0 unspecified atom stereocenters. The van der Waals surface area contributed by atoms with Crippen LogP contribution >= 0.6 is 0 Å². The van der Waals surface area contributed by atoms with Gasteiger partial charge in [0, 0.05) is 0 Å². The summed E-state index contributed by atoms with van der Waals surface area (Å²) >= 11 is 0. The summed E-state index contributed by atoms with van der Waals surface area (Å²) in [6.07, 6.45) is 0.765. The van der Waals surface area contributed by atoms with E-state index in [1.165, 1.54) is 14.2 Å². The third-order valence-electron chi connectivity index (χ3n) is 1.94. The van der Waals surface area contributed by atoms with Crippen molar-refractivity contribution in [2.24, 2.45) is 0 Å². The van der Waals surface area contributed by atoms with Crippen LogP contribution in [0.4, 0.5) is 0 Å². The van der Waals surface area contributed by atoms with Crippen LogP contribution in [0.25, 0.3) is 5.57 Å². The summed E-state index contributed by atoms with van der Waals surface area (Å²) in [5, 5.41) is 17.5. The van der Waals surface area contributed by atoms with Gasteiger partial charge >= 0.3 is 0 Å². The Bertz CT molecular complexity index is 418. The summed E-state index contributed by atoms with van der Waals surface area (Å²) in [6.45, 7) is 0. The van der Waals surface area contributed by atoms with Crippen LogP contribution in [0.15, 0.2) is 24.5 Å². The molecule has 0 saturated heterocycles. The molecule has 1 aromatic rings. The van der Waals surface area contributed by atoms with E-state index in [1.54, 1.807) is 18.2 Å². The van der Waals surface area contributed by atoms with Crippen molar-refractivity contribution in [1.29, 1.82) is 5.26 Å². The summed E-state index contributed by atoms with van der Waals surface area (Å²) in [5.74, 6) is 1.10. The second-order valence-corrected chi connectivity index (χ2v) is 2.72. The van der Waals surface area contributed by atoms with E-state index >= 15 is 0 Å². The molecule has 0 fully saturated rings. The Balaban J connectivity index is 3.20. The van der Waals surface area contributed by atoms with Crippen LogP contribution in [0.5, 0.6) is 11.5 Å². The molecule has 15 heavy (non-hydrogen) atoms. The molecule has 0 radical (unpaired) electrons. The molecule has 4 heteroatoms. The zero-order valence-corrected chi connectivity index (χ0v) is 8.52. The Morgan fingerprint density at radius 3 is 2.47 bits per heavy atom. The molecule has 0 saturated carbocycles. The van der Waals surface area contributed by atoms with Crippen molar-refractivity contribution in [2.45, 2.75) is 0 Å². The van der Waals surface area contributed by atoms with Gasteiger partial charge in [0.2, 0.25) is 0 Å². The number of nitriles is 1. The number of allylic oxidation sites excluding steroid dienone is 1. The smallest absolute Gasteiger partial charge is 0.161 e. The van der Waals surface area contributed by atoms with Crippen LogP contribution in [-0.4, -0.2) is 19.3 Å². The topological polar surface area (TPSA) is 62.5 Å². The highest BCUT2D eigenvalue weighted by atomic mass is 16.5. The molecule has 0 spiro atoms. The summed E-state index contributed by atoms with van der Waals surface area (Å²) in [6, 6.07) is 6.85. The van der Waals surface area contributed by atoms with Crippen molar-refractivity contribution in [1.82, 2.24) is 0 Å². The number of rotatable bonds is 3. The predicted octanol–water partition coefficient (Wildman–Crippen LogP) is 2.13. The molecule has 0 heterocycles. The molecule has 0 aromatic heterocycles. The normalized spacial score (nSPS) is 10.6. The van der Waals surface area contributed by atoms with Gasteiger partial charge in [-0.15, -0.1) is 0 Å². The zero-order chi connectivity index (χ0) is 11.3. The maximum Gasteiger partial charge on any atom is 0.161 e. The second-order valence-electron chi connectivity index (χ2n) is 2.72. The van der Waals surface area contributed by atoms with Crippen molar-refractivity contribution >= 4 is 5.57 Å². The highest BCUT2D eigenvalue weighted by Crippen LogP contribution is 2.29. The molecule has 1 aromatic carbocycles. The average molecular weight is 205 g/mol. The number of benzene rings is 1. The van der Waals surface area contributed by atoms with Crippen LogP contribution in [-0.2, 0) is 0 Å². The largest absolute Gasteiger partial charge is 0.514 e. The number of aliphatic hydroxyl groups is 1. The Morgan fingerprint density at radius 1 is 1.33 bits per heavy atom. The molecule has 4 nitrogen and oxygen atoms in total. The van der Waals surface area contributed by atoms with Gasteiger partial charge in [-0.25, -0.2) is 0 Å². The van der Waals surface area contributed by atoms with Crippen molar-refractivity contribution in [3.63, 3.8) is 0 Å². The Hall–Kier alpha value is -2.15. The fourth-order valence-electron chi connectivity index (χ4n) is 1.17. The van der Waals surface area contributed by atoms with Gasteiger partial charge in [0.15, 0.2) is 11.5 Å². The van der Waals surface area contributed by atoms with E-state index in [4.69, 9.17) is 19.8 Å². The first kappa shape index (κ1) is 10.9. The summed E-state index contributed by atoms with van der Waals surface area (Å²) in [7, 11) is 3.04. The standard InChI is InChI=1S/C11H11NO3/c1-14-10-4-3-8(5-11(10)15-2)9(6-12)7-13/h3-5,7,13H,1-2H3/b9-7-. The lowest BCUT2D eigenvalue weighted by molar-refractivity contribution is 0.355. The van der Waals surface area contributed by atoms with Gasteiger partial charge < -0.3 is 14.6 Å². The van der Waals surface area contributed by atoms with Gasteiger partial charge in [0.25, 0.3) is 0 Å². The average Bonchev–Trinajstić information content (AvgIpc) is 2.30. The molecule has 0 aliphatic carbocycles. The second kappa shape index (κ2) is 4.91. The Labute approximate surface area is 88.0 Å². The number of hydrogen-bond acceptors (Lipinski definition) is 4. The van der Waals surface area contributed by atoms with Crippen LogP contribution < -0.4 is 9.47 Å². The van der Waals surface area contributed by atoms with E-state index in [9.17, 15) is 0 Å². The lowest BCUT2D eigenvalue weighted by atomic mass is 10.1. The van der Waals surface area contributed by atoms with Gasteiger partial charge in [-0.3, -0.25) is 0 Å². The van der Waals surface area contributed by atoms with E-state index in [-0.39, 0.29) is 5.57 Å². The molecule has 78 valence electrons. The van der Waals surface area contributed by atoms with Crippen LogP contribution in [0.2, 0.25) is 0 Å². The predicted molar refractivity (Wildman–Crippen MR) is 55.8 cm³/mol. The molecule has 1 N–H and O–H groups in total. The Kier molecular flexibility index (Phi) is 3.58. The third kappa shape index (κ3) is 2.20. The number of methoxy groups -OCH3 is 2. The number of ether oxygens (including phenoxy) is 2. The monoisotopic (exact) mass is 205 g/mol. The lowest BCUT2D eigenvalue weighted by Crippen LogP contribution is -1.92. The summed E-state index contributed by atoms with van der Waals surface area (Å²) in [5.41, 5.74) is 0.758. The van der Waals surface area contributed by atoms with Crippen molar-refractivity contribution in [2.75, 3.05) is 14.2 Å². The highest BCUT2D eigenvalue weighted by Gasteiger charge is 2.07. The molecular formula is C11H11NO3. The van der Waals surface area contributed by atoms with Gasteiger partial charge in [0.1, 0.15) is 6.07 Å². The minimum absolute atomic E-state index is 0.177.